The van der Waals surface area contributed by atoms with Gasteiger partial charge in [-0.05, 0) is 42.4 Å². The molecule has 1 fully saturated rings. The summed E-state index contributed by atoms with van der Waals surface area (Å²) in [6, 6.07) is 8.79. The summed E-state index contributed by atoms with van der Waals surface area (Å²) in [5.41, 5.74) is 0.608. The molecule has 1 aliphatic rings. The predicted octanol–water partition coefficient (Wildman–Crippen LogP) is 3.65. The average Bonchev–Trinajstić information content (AvgIpc) is 2.19. The topological polar surface area (TPSA) is 23.8 Å². The second kappa shape index (κ2) is 3.90. The molecule has 0 atom stereocenters. The molecule has 0 amide bonds. The molecular formula is C14H16FN. The van der Waals surface area contributed by atoms with E-state index in [1.165, 1.54) is 12.1 Å². The van der Waals surface area contributed by atoms with Crippen molar-refractivity contribution >= 4 is 0 Å². The van der Waals surface area contributed by atoms with Crippen LogP contribution in [0.2, 0.25) is 0 Å². The number of hydrogen-bond acceptors (Lipinski definition) is 1. The van der Waals surface area contributed by atoms with E-state index in [4.69, 9.17) is 0 Å². The molecule has 1 saturated carbocycles. The Bertz CT molecular complexity index is 407. The van der Waals surface area contributed by atoms with Gasteiger partial charge in [-0.1, -0.05) is 26.0 Å². The third kappa shape index (κ3) is 1.71. The van der Waals surface area contributed by atoms with E-state index in [9.17, 15) is 9.65 Å². The van der Waals surface area contributed by atoms with Gasteiger partial charge in [-0.3, -0.25) is 0 Å². The van der Waals surface area contributed by atoms with Crippen LogP contribution in [-0.4, -0.2) is 0 Å². The zero-order valence-corrected chi connectivity index (χ0v) is 9.70. The van der Waals surface area contributed by atoms with Crippen LogP contribution < -0.4 is 0 Å². The van der Waals surface area contributed by atoms with E-state index < -0.39 is 0 Å². The quantitative estimate of drug-likeness (QED) is 0.741. The van der Waals surface area contributed by atoms with Crippen LogP contribution in [0, 0.1) is 29.0 Å². The molecule has 0 unspecified atom stereocenters. The molecule has 0 saturated heterocycles. The highest BCUT2D eigenvalue weighted by atomic mass is 19.1. The van der Waals surface area contributed by atoms with Crippen LogP contribution in [0.4, 0.5) is 4.39 Å². The van der Waals surface area contributed by atoms with Gasteiger partial charge in [-0.25, -0.2) is 4.39 Å². The molecule has 0 aromatic heterocycles. The summed E-state index contributed by atoms with van der Waals surface area (Å²) in [5, 5.41) is 9.32. The fraction of sp³-hybridized carbons (Fsp3) is 0.500. The Kier molecular flexibility index (Phi) is 2.71. The number of nitrogens with zero attached hydrogens (tertiary/aromatic N) is 1. The van der Waals surface area contributed by atoms with Gasteiger partial charge in [0.2, 0.25) is 0 Å². The highest BCUT2D eigenvalue weighted by Crippen LogP contribution is 2.50. The monoisotopic (exact) mass is 217 g/mol. The first-order valence-electron chi connectivity index (χ1n) is 5.75. The van der Waals surface area contributed by atoms with Crippen molar-refractivity contribution in [2.45, 2.75) is 32.1 Å². The zero-order valence-electron chi connectivity index (χ0n) is 9.70. The van der Waals surface area contributed by atoms with Gasteiger partial charge in [0.15, 0.2) is 0 Å². The molecule has 1 nitrogen and oxygen atoms in total. The van der Waals surface area contributed by atoms with Crippen molar-refractivity contribution in [2.24, 2.45) is 11.8 Å². The van der Waals surface area contributed by atoms with Crippen molar-refractivity contribution in [1.29, 1.82) is 5.26 Å². The Morgan fingerprint density at radius 3 is 2.31 bits per heavy atom. The summed E-state index contributed by atoms with van der Waals surface area (Å²) in [6.07, 6.45) is 1.82. The molecule has 84 valence electrons. The number of rotatable bonds is 2. The summed E-state index contributed by atoms with van der Waals surface area (Å²) in [7, 11) is 0. The Morgan fingerprint density at radius 1 is 1.31 bits per heavy atom. The molecule has 0 spiro atoms. The van der Waals surface area contributed by atoms with Crippen molar-refractivity contribution in [2.75, 3.05) is 0 Å². The fourth-order valence-corrected chi connectivity index (χ4v) is 2.47. The lowest BCUT2D eigenvalue weighted by molar-refractivity contribution is 0.145. The van der Waals surface area contributed by atoms with Gasteiger partial charge in [-0.15, -0.1) is 0 Å². The minimum absolute atomic E-state index is 0.239. The first-order chi connectivity index (χ1) is 7.57. The molecule has 16 heavy (non-hydrogen) atoms. The van der Waals surface area contributed by atoms with Crippen molar-refractivity contribution < 1.29 is 4.39 Å². The summed E-state index contributed by atoms with van der Waals surface area (Å²) in [6.45, 7) is 4.38. The van der Waals surface area contributed by atoms with Crippen LogP contribution in [0.5, 0.6) is 0 Å². The van der Waals surface area contributed by atoms with E-state index in [1.807, 2.05) is 0 Å². The highest BCUT2D eigenvalue weighted by molar-refractivity contribution is 5.36. The Hall–Kier alpha value is -1.36. The average molecular weight is 217 g/mol. The van der Waals surface area contributed by atoms with Gasteiger partial charge in [-0.2, -0.15) is 5.26 Å². The van der Waals surface area contributed by atoms with Gasteiger partial charge >= 0.3 is 0 Å². The van der Waals surface area contributed by atoms with Gasteiger partial charge in [0.05, 0.1) is 11.5 Å². The van der Waals surface area contributed by atoms with E-state index in [0.29, 0.717) is 11.8 Å². The molecule has 1 aromatic rings. The lowest BCUT2D eigenvalue weighted by atomic mass is 9.56. The lowest BCUT2D eigenvalue weighted by Gasteiger charge is -2.45. The fourth-order valence-electron chi connectivity index (χ4n) is 2.47. The van der Waals surface area contributed by atoms with E-state index in [1.54, 1.807) is 12.1 Å². The van der Waals surface area contributed by atoms with Crippen LogP contribution in [-0.2, 0) is 5.41 Å². The molecule has 1 aromatic carbocycles. The van der Waals surface area contributed by atoms with Crippen LogP contribution >= 0.6 is 0 Å². The van der Waals surface area contributed by atoms with Gasteiger partial charge in [0, 0.05) is 0 Å². The smallest absolute Gasteiger partial charge is 0.123 e. The first-order valence-corrected chi connectivity index (χ1v) is 5.75. The zero-order chi connectivity index (χ0) is 11.8. The van der Waals surface area contributed by atoms with Crippen LogP contribution in [0.3, 0.4) is 0 Å². The molecule has 2 rings (SSSR count). The Balaban J connectivity index is 2.20. The molecular weight excluding hydrogens is 201 g/mol. The molecule has 0 heterocycles. The van der Waals surface area contributed by atoms with Crippen molar-refractivity contribution in [3.05, 3.63) is 35.6 Å². The van der Waals surface area contributed by atoms with Gasteiger partial charge in [0.1, 0.15) is 5.82 Å². The molecule has 0 aliphatic heterocycles. The molecule has 1 aliphatic carbocycles. The van der Waals surface area contributed by atoms with E-state index in [0.717, 1.165) is 18.4 Å². The summed E-state index contributed by atoms with van der Waals surface area (Å²) >= 11 is 0. The van der Waals surface area contributed by atoms with E-state index in [-0.39, 0.29) is 11.2 Å². The summed E-state index contributed by atoms with van der Waals surface area (Å²) in [4.78, 5) is 0. The van der Waals surface area contributed by atoms with Crippen molar-refractivity contribution in [3.63, 3.8) is 0 Å². The second-order valence-electron chi connectivity index (χ2n) is 5.11. The SMILES string of the molecule is CC(C)C1CC(C#N)(c2ccc(F)cc2)C1. The minimum atomic E-state index is -0.358. The molecule has 0 radical (unpaired) electrons. The number of hydrogen-bond donors (Lipinski definition) is 0. The maximum Gasteiger partial charge on any atom is 0.123 e. The second-order valence-corrected chi connectivity index (χ2v) is 5.11. The Morgan fingerprint density at radius 2 is 1.88 bits per heavy atom. The number of halogens is 1. The van der Waals surface area contributed by atoms with Crippen LogP contribution in [0.15, 0.2) is 24.3 Å². The number of nitriles is 1. The maximum atomic E-state index is 12.8. The van der Waals surface area contributed by atoms with Gasteiger partial charge < -0.3 is 0 Å². The van der Waals surface area contributed by atoms with Crippen molar-refractivity contribution in [1.82, 2.24) is 0 Å². The highest BCUT2D eigenvalue weighted by Gasteiger charge is 2.46. The third-order valence-electron chi connectivity index (χ3n) is 3.77. The van der Waals surface area contributed by atoms with Crippen LogP contribution in [0.25, 0.3) is 0 Å². The standard InChI is InChI=1S/C14H16FN/c1-10(2)11-7-14(8-11,9-16)12-3-5-13(15)6-4-12/h3-6,10-11H,7-8H2,1-2H3. The Labute approximate surface area is 95.9 Å². The molecule has 2 heteroatoms. The normalized spacial score (nSPS) is 28.6. The maximum absolute atomic E-state index is 12.8. The lowest BCUT2D eigenvalue weighted by Crippen LogP contribution is -2.42. The summed E-state index contributed by atoms with van der Waals surface area (Å²) < 4.78 is 12.8. The van der Waals surface area contributed by atoms with E-state index >= 15 is 0 Å². The van der Waals surface area contributed by atoms with Crippen molar-refractivity contribution in [3.8, 4) is 6.07 Å². The number of benzene rings is 1. The molecule has 0 N–H and O–H groups in total. The predicted molar refractivity (Wildman–Crippen MR) is 61.3 cm³/mol. The first kappa shape index (κ1) is 11.1. The molecule has 0 bridgehead atoms. The third-order valence-corrected chi connectivity index (χ3v) is 3.77. The minimum Gasteiger partial charge on any atom is -0.207 e. The van der Waals surface area contributed by atoms with Crippen LogP contribution in [0.1, 0.15) is 32.3 Å². The summed E-state index contributed by atoms with van der Waals surface area (Å²) in [5.74, 6) is 1.02. The van der Waals surface area contributed by atoms with E-state index in [2.05, 4.69) is 19.9 Å². The largest absolute Gasteiger partial charge is 0.207 e. The van der Waals surface area contributed by atoms with Gasteiger partial charge in [0.25, 0.3) is 0 Å².